The monoisotopic (exact) mass is 353 g/mol. The summed E-state index contributed by atoms with van der Waals surface area (Å²) in [4.78, 5) is 16.7. The number of benzene rings is 1. The molecule has 124 valence electrons. The average molecular weight is 354 g/mol. The highest BCUT2D eigenvalue weighted by Crippen LogP contribution is 2.58. The van der Waals surface area contributed by atoms with Crippen molar-refractivity contribution in [1.82, 2.24) is 10.3 Å². The molecule has 6 heteroatoms. The number of amides is 1. The predicted octanol–water partition coefficient (Wildman–Crippen LogP) is 3.41. The van der Waals surface area contributed by atoms with Gasteiger partial charge in [-0.05, 0) is 62.0 Å². The number of hydrogen-bond acceptors (Lipinski definition) is 3. The number of pyridine rings is 1. The Hall–Kier alpha value is -1.36. The van der Waals surface area contributed by atoms with Gasteiger partial charge in [-0.25, -0.2) is 0 Å². The minimum atomic E-state index is 0. The van der Waals surface area contributed by atoms with Gasteiger partial charge >= 0.3 is 0 Å². The minimum Gasteiger partial charge on any atom is -0.326 e. The van der Waals surface area contributed by atoms with E-state index in [4.69, 9.17) is 0 Å². The number of carbonyl (C=O) groups is 1. The Morgan fingerprint density at radius 1 is 1.22 bits per heavy atom. The summed E-state index contributed by atoms with van der Waals surface area (Å²) in [5.41, 5.74) is 2.11. The molecule has 1 spiro atoms. The number of aromatic nitrogens is 1. The Bertz CT molecular complexity index is 701. The molecule has 2 aliphatic rings. The summed E-state index contributed by atoms with van der Waals surface area (Å²) in [6.45, 7) is 2.09. The van der Waals surface area contributed by atoms with Crippen molar-refractivity contribution in [3.63, 3.8) is 0 Å². The van der Waals surface area contributed by atoms with Crippen molar-refractivity contribution in [1.29, 1.82) is 0 Å². The second kappa shape index (κ2) is 7.04. The van der Waals surface area contributed by atoms with E-state index >= 15 is 0 Å². The van der Waals surface area contributed by atoms with Crippen LogP contribution >= 0.6 is 24.8 Å². The van der Waals surface area contributed by atoms with E-state index in [1.807, 2.05) is 30.3 Å². The van der Waals surface area contributed by atoms with E-state index in [-0.39, 0.29) is 42.1 Å². The summed E-state index contributed by atoms with van der Waals surface area (Å²) in [5, 5.41) is 7.51. The largest absolute Gasteiger partial charge is 0.326 e. The van der Waals surface area contributed by atoms with Crippen LogP contribution in [0.5, 0.6) is 0 Å². The smallest absolute Gasteiger partial charge is 0.228 e. The number of nitrogens with one attached hydrogen (secondary N) is 2. The summed E-state index contributed by atoms with van der Waals surface area (Å²) in [6, 6.07) is 9.82. The quantitative estimate of drug-likeness (QED) is 0.869. The summed E-state index contributed by atoms with van der Waals surface area (Å²) >= 11 is 0. The first kappa shape index (κ1) is 18.0. The lowest BCUT2D eigenvalue weighted by molar-refractivity contribution is -0.118. The molecule has 2 aromatic rings. The molecule has 0 bridgehead atoms. The van der Waals surface area contributed by atoms with Gasteiger partial charge in [-0.2, -0.15) is 0 Å². The van der Waals surface area contributed by atoms with Gasteiger partial charge in [-0.1, -0.05) is 6.07 Å². The molecule has 1 aliphatic carbocycles. The van der Waals surface area contributed by atoms with Gasteiger partial charge in [0.25, 0.3) is 0 Å². The zero-order valence-electron chi connectivity index (χ0n) is 12.7. The van der Waals surface area contributed by atoms with Crippen molar-refractivity contribution in [2.45, 2.75) is 19.3 Å². The van der Waals surface area contributed by atoms with Crippen molar-refractivity contribution in [2.24, 2.45) is 11.3 Å². The summed E-state index contributed by atoms with van der Waals surface area (Å²) in [5.74, 6) is 0.379. The highest BCUT2D eigenvalue weighted by Gasteiger charge is 2.57. The summed E-state index contributed by atoms with van der Waals surface area (Å²) < 4.78 is 0. The molecular weight excluding hydrogens is 333 g/mol. The third-order valence-electron chi connectivity index (χ3n) is 4.98. The molecule has 0 radical (unpaired) electrons. The first-order valence-electron chi connectivity index (χ1n) is 7.63. The van der Waals surface area contributed by atoms with Gasteiger partial charge in [0.05, 0.1) is 5.52 Å². The zero-order chi connectivity index (χ0) is 14.3. The number of rotatable bonds is 2. The first-order chi connectivity index (χ1) is 10.3. The normalized spacial score (nSPS) is 21.1. The molecule has 1 aromatic heterocycles. The van der Waals surface area contributed by atoms with E-state index < -0.39 is 0 Å². The van der Waals surface area contributed by atoms with Crippen LogP contribution in [0.1, 0.15) is 19.3 Å². The maximum atomic E-state index is 12.4. The zero-order valence-corrected chi connectivity index (χ0v) is 14.4. The van der Waals surface area contributed by atoms with Gasteiger partial charge in [-0.3, -0.25) is 9.78 Å². The fraction of sp³-hybridized carbons (Fsp3) is 0.412. The molecule has 4 rings (SSSR count). The van der Waals surface area contributed by atoms with E-state index in [2.05, 4.69) is 15.6 Å². The van der Waals surface area contributed by atoms with Crippen molar-refractivity contribution in [2.75, 3.05) is 18.4 Å². The lowest BCUT2D eigenvalue weighted by Gasteiger charge is -2.23. The maximum absolute atomic E-state index is 12.4. The molecular formula is C17H21Cl2N3O. The molecule has 1 aromatic carbocycles. The summed E-state index contributed by atoms with van der Waals surface area (Å²) in [6.07, 6.45) is 5.10. The number of carbonyl (C=O) groups excluding carboxylic acids is 1. The Balaban J connectivity index is 0.000000960. The standard InChI is InChI=1S/C17H19N3O.2ClH/c21-16(14-11-17(14)5-8-18-9-6-17)20-13-3-4-15-12(10-13)2-1-7-19-15;;/h1-4,7,10,14,18H,5-6,8-9,11H2,(H,20,21);2*1H. The Labute approximate surface area is 148 Å². The SMILES string of the molecule is Cl.Cl.O=C(Nc1ccc2ncccc2c1)C1CC12CCNCC2. The van der Waals surface area contributed by atoms with Crippen LogP contribution in [0.4, 0.5) is 5.69 Å². The third-order valence-corrected chi connectivity index (χ3v) is 4.98. The second-order valence-electron chi connectivity index (χ2n) is 6.27. The number of halogens is 2. The van der Waals surface area contributed by atoms with E-state index in [1.54, 1.807) is 6.20 Å². The summed E-state index contributed by atoms with van der Waals surface area (Å²) in [7, 11) is 0. The maximum Gasteiger partial charge on any atom is 0.228 e. The Morgan fingerprint density at radius 3 is 2.78 bits per heavy atom. The van der Waals surface area contributed by atoms with E-state index in [1.165, 1.54) is 0 Å². The third kappa shape index (κ3) is 3.44. The van der Waals surface area contributed by atoms with Crippen LogP contribution in [0.15, 0.2) is 36.5 Å². The van der Waals surface area contributed by atoms with Crippen molar-refractivity contribution in [3.05, 3.63) is 36.5 Å². The number of hydrogen-bond donors (Lipinski definition) is 2. The topological polar surface area (TPSA) is 54.0 Å². The second-order valence-corrected chi connectivity index (χ2v) is 6.27. The van der Waals surface area contributed by atoms with Gasteiger partial charge in [0.2, 0.25) is 5.91 Å². The van der Waals surface area contributed by atoms with Crippen LogP contribution in [0, 0.1) is 11.3 Å². The molecule has 1 saturated heterocycles. The fourth-order valence-electron chi connectivity index (χ4n) is 3.58. The van der Waals surface area contributed by atoms with Gasteiger partial charge in [-0.15, -0.1) is 24.8 Å². The van der Waals surface area contributed by atoms with Gasteiger partial charge < -0.3 is 10.6 Å². The molecule has 2 N–H and O–H groups in total. The van der Waals surface area contributed by atoms with E-state index in [0.29, 0.717) is 0 Å². The Morgan fingerprint density at radius 2 is 2.00 bits per heavy atom. The van der Waals surface area contributed by atoms with Gasteiger partial charge in [0.1, 0.15) is 0 Å². The number of fused-ring (bicyclic) bond motifs is 1. The molecule has 1 amide bonds. The van der Waals surface area contributed by atoms with Gasteiger partial charge in [0, 0.05) is 23.2 Å². The fourth-order valence-corrected chi connectivity index (χ4v) is 3.58. The van der Waals surface area contributed by atoms with Crippen LogP contribution in [0.2, 0.25) is 0 Å². The lowest BCUT2D eigenvalue weighted by Crippen LogP contribution is -2.31. The molecule has 4 nitrogen and oxygen atoms in total. The van der Waals surface area contributed by atoms with Crippen molar-refractivity contribution in [3.8, 4) is 0 Å². The molecule has 1 saturated carbocycles. The number of nitrogens with zero attached hydrogens (tertiary/aromatic N) is 1. The first-order valence-corrected chi connectivity index (χ1v) is 7.63. The van der Waals surface area contributed by atoms with Crippen molar-refractivity contribution < 1.29 is 4.79 Å². The highest BCUT2D eigenvalue weighted by molar-refractivity contribution is 5.97. The molecule has 2 heterocycles. The Kier molecular flexibility index (Phi) is 5.50. The van der Waals surface area contributed by atoms with E-state index in [9.17, 15) is 4.79 Å². The molecule has 23 heavy (non-hydrogen) atoms. The molecule has 1 aliphatic heterocycles. The van der Waals surface area contributed by atoms with Crippen LogP contribution in [-0.4, -0.2) is 24.0 Å². The predicted molar refractivity (Wildman–Crippen MR) is 97.5 cm³/mol. The average Bonchev–Trinajstić information content (AvgIpc) is 3.21. The van der Waals surface area contributed by atoms with Crippen LogP contribution in [0.3, 0.4) is 0 Å². The van der Waals surface area contributed by atoms with E-state index in [0.717, 1.165) is 48.9 Å². The van der Waals surface area contributed by atoms with Crippen molar-refractivity contribution >= 4 is 47.3 Å². The van der Waals surface area contributed by atoms with Gasteiger partial charge in [0.15, 0.2) is 0 Å². The lowest BCUT2D eigenvalue weighted by atomic mass is 9.92. The number of anilines is 1. The molecule has 2 fully saturated rings. The minimum absolute atomic E-state index is 0. The highest BCUT2D eigenvalue weighted by atomic mass is 35.5. The van der Waals surface area contributed by atoms with Crippen LogP contribution in [-0.2, 0) is 4.79 Å². The van der Waals surface area contributed by atoms with Crippen LogP contribution in [0.25, 0.3) is 10.9 Å². The number of piperidine rings is 1. The van der Waals surface area contributed by atoms with Crippen LogP contribution < -0.4 is 10.6 Å². The molecule has 1 atom stereocenters. The molecule has 1 unspecified atom stereocenters.